The van der Waals surface area contributed by atoms with Crippen molar-refractivity contribution >= 4 is 16.9 Å². The molecule has 0 aliphatic heterocycles. The van der Waals surface area contributed by atoms with Crippen molar-refractivity contribution in [2.75, 3.05) is 11.9 Å². The quantitative estimate of drug-likeness (QED) is 0.887. The van der Waals surface area contributed by atoms with Gasteiger partial charge in [-0.2, -0.15) is 13.2 Å². The van der Waals surface area contributed by atoms with E-state index in [2.05, 4.69) is 20.3 Å². The van der Waals surface area contributed by atoms with E-state index in [0.29, 0.717) is 5.52 Å². The van der Waals surface area contributed by atoms with Crippen LogP contribution in [0.5, 0.6) is 0 Å². The Labute approximate surface area is 107 Å². The minimum atomic E-state index is -4.44. The minimum absolute atomic E-state index is 0.113. The average molecular weight is 271 g/mol. The number of nitrogens with two attached hydrogens (primary N) is 1. The molecule has 2 rings (SSSR count). The van der Waals surface area contributed by atoms with Crippen molar-refractivity contribution in [1.29, 1.82) is 0 Å². The molecule has 3 N–H and O–H groups in total. The van der Waals surface area contributed by atoms with Crippen molar-refractivity contribution in [3.63, 3.8) is 0 Å². The number of alkyl halides is 3. The van der Waals surface area contributed by atoms with Crippen LogP contribution in [0.3, 0.4) is 0 Å². The SMILES string of the molecule is Cc1cncc2cnc(NCC(N)C(F)(F)F)nc12. The first-order valence-corrected chi connectivity index (χ1v) is 5.51. The summed E-state index contributed by atoms with van der Waals surface area (Å²) in [5, 5.41) is 3.21. The van der Waals surface area contributed by atoms with Gasteiger partial charge in [-0.1, -0.05) is 0 Å². The van der Waals surface area contributed by atoms with Crippen molar-refractivity contribution in [2.24, 2.45) is 5.73 Å². The van der Waals surface area contributed by atoms with Crippen LogP contribution < -0.4 is 11.1 Å². The molecule has 0 saturated heterocycles. The third-order valence-electron chi connectivity index (χ3n) is 2.57. The molecular weight excluding hydrogens is 259 g/mol. The van der Waals surface area contributed by atoms with Gasteiger partial charge in [-0.15, -0.1) is 0 Å². The standard InChI is InChI=1S/C11H12F3N5/c1-6-2-16-3-7-4-17-10(19-9(6)7)18-5-8(15)11(12,13)14/h2-4,8H,5,15H2,1H3,(H,17,18,19). The van der Waals surface area contributed by atoms with Crippen LogP contribution in [0.2, 0.25) is 0 Å². The van der Waals surface area contributed by atoms with E-state index in [1.807, 2.05) is 6.92 Å². The Morgan fingerprint density at radius 1 is 1.32 bits per heavy atom. The van der Waals surface area contributed by atoms with E-state index in [1.165, 1.54) is 6.20 Å². The molecule has 2 heterocycles. The second-order valence-corrected chi connectivity index (χ2v) is 4.12. The number of hydrogen-bond donors (Lipinski definition) is 2. The number of pyridine rings is 1. The topological polar surface area (TPSA) is 76.7 Å². The number of aryl methyl sites for hydroxylation is 1. The van der Waals surface area contributed by atoms with Gasteiger partial charge >= 0.3 is 6.18 Å². The van der Waals surface area contributed by atoms with E-state index in [1.54, 1.807) is 12.4 Å². The van der Waals surface area contributed by atoms with Gasteiger partial charge in [0.1, 0.15) is 6.04 Å². The van der Waals surface area contributed by atoms with Gasteiger partial charge in [0.15, 0.2) is 0 Å². The molecule has 19 heavy (non-hydrogen) atoms. The van der Waals surface area contributed by atoms with E-state index in [9.17, 15) is 13.2 Å². The van der Waals surface area contributed by atoms with Gasteiger partial charge in [-0.05, 0) is 12.5 Å². The molecular formula is C11H12F3N5. The molecule has 0 saturated carbocycles. The Morgan fingerprint density at radius 3 is 2.74 bits per heavy atom. The summed E-state index contributed by atoms with van der Waals surface area (Å²) in [6.07, 6.45) is 0.279. The lowest BCUT2D eigenvalue weighted by atomic mass is 10.2. The van der Waals surface area contributed by atoms with Gasteiger partial charge in [-0.25, -0.2) is 9.97 Å². The molecule has 2 aromatic heterocycles. The van der Waals surface area contributed by atoms with Crippen molar-refractivity contribution in [2.45, 2.75) is 19.1 Å². The van der Waals surface area contributed by atoms with Crippen molar-refractivity contribution in [3.05, 3.63) is 24.2 Å². The maximum Gasteiger partial charge on any atom is 0.405 e. The van der Waals surface area contributed by atoms with Gasteiger partial charge in [0.2, 0.25) is 5.95 Å². The Bertz CT molecular complexity index is 584. The summed E-state index contributed by atoms with van der Waals surface area (Å²) in [6.45, 7) is 1.34. The number of rotatable bonds is 3. The first-order chi connectivity index (χ1) is 8.88. The van der Waals surface area contributed by atoms with E-state index in [0.717, 1.165) is 10.9 Å². The smallest absolute Gasteiger partial charge is 0.352 e. The van der Waals surface area contributed by atoms with Crippen molar-refractivity contribution < 1.29 is 13.2 Å². The Kier molecular flexibility index (Phi) is 3.52. The molecule has 0 radical (unpaired) electrons. The van der Waals surface area contributed by atoms with E-state index in [4.69, 9.17) is 5.73 Å². The summed E-state index contributed by atoms with van der Waals surface area (Å²) in [7, 11) is 0. The highest BCUT2D eigenvalue weighted by Crippen LogP contribution is 2.19. The van der Waals surface area contributed by atoms with E-state index < -0.39 is 18.8 Å². The third-order valence-corrected chi connectivity index (χ3v) is 2.57. The fraction of sp³-hybridized carbons (Fsp3) is 0.364. The number of nitrogens with one attached hydrogen (secondary N) is 1. The van der Waals surface area contributed by atoms with Crippen LogP contribution in [0.15, 0.2) is 18.6 Å². The number of halogens is 3. The first kappa shape index (κ1) is 13.5. The maximum absolute atomic E-state index is 12.3. The van der Waals surface area contributed by atoms with Crippen LogP contribution in [0.1, 0.15) is 5.56 Å². The summed E-state index contributed by atoms with van der Waals surface area (Å²) in [6, 6.07) is -1.95. The molecule has 1 atom stereocenters. The number of aromatic nitrogens is 3. The molecule has 0 bridgehead atoms. The van der Waals surface area contributed by atoms with Crippen LogP contribution in [-0.2, 0) is 0 Å². The summed E-state index contributed by atoms with van der Waals surface area (Å²) >= 11 is 0. The molecule has 5 nitrogen and oxygen atoms in total. The molecule has 0 fully saturated rings. The fourth-order valence-electron chi connectivity index (χ4n) is 1.49. The van der Waals surface area contributed by atoms with Gasteiger partial charge in [0, 0.05) is 30.5 Å². The summed E-state index contributed by atoms with van der Waals surface area (Å²) < 4.78 is 36.8. The minimum Gasteiger partial charge on any atom is -0.352 e. The van der Waals surface area contributed by atoms with Crippen LogP contribution in [0, 0.1) is 6.92 Å². The molecule has 2 aromatic rings. The molecule has 1 unspecified atom stereocenters. The average Bonchev–Trinajstić information content (AvgIpc) is 2.35. The lowest BCUT2D eigenvalue weighted by molar-refractivity contribution is -0.144. The summed E-state index contributed by atoms with van der Waals surface area (Å²) in [5.41, 5.74) is 6.46. The third kappa shape index (κ3) is 3.08. The number of hydrogen-bond acceptors (Lipinski definition) is 5. The number of fused-ring (bicyclic) bond motifs is 1. The van der Waals surface area contributed by atoms with E-state index in [-0.39, 0.29) is 5.95 Å². The molecule has 8 heteroatoms. The largest absolute Gasteiger partial charge is 0.405 e. The molecule has 0 aromatic carbocycles. The number of nitrogens with zero attached hydrogens (tertiary/aromatic N) is 3. The zero-order chi connectivity index (χ0) is 14.0. The van der Waals surface area contributed by atoms with Gasteiger partial charge in [0.25, 0.3) is 0 Å². The highest BCUT2D eigenvalue weighted by molar-refractivity contribution is 5.80. The Hall–Kier alpha value is -1.96. The predicted octanol–water partition coefficient (Wildman–Crippen LogP) is 1.63. The van der Waals surface area contributed by atoms with Crippen LogP contribution >= 0.6 is 0 Å². The number of anilines is 1. The van der Waals surface area contributed by atoms with Crippen LogP contribution in [-0.4, -0.2) is 33.7 Å². The normalized spacial score (nSPS) is 13.5. The molecule has 0 amide bonds. The van der Waals surface area contributed by atoms with Crippen molar-refractivity contribution in [1.82, 2.24) is 15.0 Å². The predicted molar refractivity (Wildman–Crippen MR) is 64.6 cm³/mol. The highest BCUT2D eigenvalue weighted by atomic mass is 19.4. The van der Waals surface area contributed by atoms with Crippen molar-refractivity contribution in [3.8, 4) is 0 Å². The molecule has 102 valence electrons. The molecule has 0 spiro atoms. The van der Waals surface area contributed by atoms with Gasteiger partial charge in [-0.3, -0.25) is 4.98 Å². The zero-order valence-corrected chi connectivity index (χ0v) is 10.1. The zero-order valence-electron chi connectivity index (χ0n) is 10.1. The summed E-state index contributed by atoms with van der Waals surface area (Å²) in [5.74, 6) is 0.113. The monoisotopic (exact) mass is 271 g/mol. The maximum atomic E-state index is 12.3. The molecule has 0 aliphatic carbocycles. The lowest BCUT2D eigenvalue weighted by Crippen LogP contribution is -2.43. The molecule has 0 aliphatic rings. The van der Waals surface area contributed by atoms with Gasteiger partial charge < -0.3 is 11.1 Å². The van der Waals surface area contributed by atoms with Crippen LogP contribution in [0.4, 0.5) is 19.1 Å². The second-order valence-electron chi connectivity index (χ2n) is 4.12. The lowest BCUT2D eigenvalue weighted by Gasteiger charge is -2.16. The van der Waals surface area contributed by atoms with Crippen LogP contribution in [0.25, 0.3) is 10.9 Å². The fourth-order valence-corrected chi connectivity index (χ4v) is 1.49. The Balaban J connectivity index is 2.16. The van der Waals surface area contributed by atoms with Gasteiger partial charge in [0.05, 0.1) is 5.52 Å². The van der Waals surface area contributed by atoms with E-state index >= 15 is 0 Å². The highest BCUT2D eigenvalue weighted by Gasteiger charge is 2.36. The first-order valence-electron chi connectivity index (χ1n) is 5.51. The second kappa shape index (κ2) is 4.96. The Morgan fingerprint density at radius 2 is 2.05 bits per heavy atom. The summed E-state index contributed by atoms with van der Waals surface area (Å²) in [4.78, 5) is 12.0.